The molecule has 0 aliphatic carbocycles. The molecule has 1 saturated heterocycles. The SMILES string of the molecule is Cc1[nH]nc(NC(=O)c2cccc(CC3CCNC3)c2)c1Cl.Cl. The van der Waals surface area contributed by atoms with E-state index >= 15 is 0 Å². The normalized spacial score (nSPS) is 16.9. The van der Waals surface area contributed by atoms with Gasteiger partial charge in [0, 0.05) is 5.56 Å². The summed E-state index contributed by atoms with van der Waals surface area (Å²) in [5.74, 6) is 0.830. The molecular weight excluding hydrogens is 335 g/mol. The lowest BCUT2D eigenvalue weighted by Gasteiger charge is -2.09. The Morgan fingerprint density at radius 1 is 1.48 bits per heavy atom. The van der Waals surface area contributed by atoms with Crippen LogP contribution >= 0.6 is 24.0 Å². The number of hydrogen-bond donors (Lipinski definition) is 3. The average molecular weight is 355 g/mol. The molecular formula is C16H20Cl2N4O. The molecule has 0 saturated carbocycles. The van der Waals surface area contributed by atoms with E-state index in [0.717, 1.165) is 25.2 Å². The summed E-state index contributed by atoms with van der Waals surface area (Å²) in [5, 5.41) is 13.3. The number of rotatable bonds is 4. The minimum absolute atomic E-state index is 0. The summed E-state index contributed by atoms with van der Waals surface area (Å²) in [6.07, 6.45) is 2.19. The van der Waals surface area contributed by atoms with Crippen LogP contribution in [0, 0.1) is 12.8 Å². The van der Waals surface area contributed by atoms with Crippen molar-refractivity contribution in [3.8, 4) is 0 Å². The van der Waals surface area contributed by atoms with Gasteiger partial charge in [-0.25, -0.2) is 0 Å². The Bertz CT molecular complexity index is 680. The second-order valence-corrected chi connectivity index (χ2v) is 6.11. The molecule has 1 atom stereocenters. The zero-order valence-electron chi connectivity index (χ0n) is 12.9. The third-order valence-electron chi connectivity index (χ3n) is 3.98. The van der Waals surface area contributed by atoms with Crippen LogP contribution in [0.5, 0.6) is 0 Å². The monoisotopic (exact) mass is 354 g/mol. The fourth-order valence-electron chi connectivity index (χ4n) is 2.74. The Morgan fingerprint density at radius 2 is 2.30 bits per heavy atom. The van der Waals surface area contributed by atoms with E-state index in [1.165, 1.54) is 12.0 Å². The van der Waals surface area contributed by atoms with Crippen molar-refractivity contribution >= 4 is 35.7 Å². The van der Waals surface area contributed by atoms with Gasteiger partial charge in [0.15, 0.2) is 5.82 Å². The second kappa shape index (κ2) is 7.81. The van der Waals surface area contributed by atoms with E-state index in [1.54, 1.807) is 13.0 Å². The summed E-state index contributed by atoms with van der Waals surface area (Å²) in [4.78, 5) is 12.3. The Balaban J connectivity index is 0.00000192. The van der Waals surface area contributed by atoms with Crippen LogP contribution in [0.2, 0.25) is 5.02 Å². The van der Waals surface area contributed by atoms with Crippen molar-refractivity contribution in [2.75, 3.05) is 18.4 Å². The summed E-state index contributed by atoms with van der Waals surface area (Å²) < 4.78 is 0. The maximum Gasteiger partial charge on any atom is 0.256 e. The molecule has 1 aromatic carbocycles. The van der Waals surface area contributed by atoms with E-state index in [0.29, 0.717) is 22.3 Å². The van der Waals surface area contributed by atoms with Gasteiger partial charge in [0.1, 0.15) is 5.02 Å². The smallest absolute Gasteiger partial charge is 0.256 e. The van der Waals surface area contributed by atoms with Crippen molar-refractivity contribution in [3.05, 3.63) is 46.1 Å². The average Bonchev–Trinajstić information content (AvgIpc) is 3.13. The number of benzene rings is 1. The van der Waals surface area contributed by atoms with Crippen LogP contribution in [0.3, 0.4) is 0 Å². The van der Waals surface area contributed by atoms with Crippen molar-refractivity contribution in [1.82, 2.24) is 15.5 Å². The summed E-state index contributed by atoms with van der Waals surface area (Å²) in [6.45, 7) is 3.95. The number of amides is 1. The lowest BCUT2D eigenvalue weighted by molar-refractivity contribution is 0.102. The number of carbonyl (C=O) groups is 1. The number of H-pyrrole nitrogens is 1. The van der Waals surface area contributed by atoms with Crippen LogP contribution in [0.1, 0.15) is 28.0 Å². The highest BCUT2D eigenvalue weighted by Gasteiger charge is 2.16. The lowest BCUT2D eigenvalue weighted by atomic mass is 9.97. The quantitative estimate of drug-likeness (QED) is 0.789. The van der Waals surface area contributed by atoms with Gasteiger partial charge in [-0.1, -0.05) is 23.7 Å². The Labute approximate surface area is 146 Å². The predicted molar refractivity (Wildman–Crippen MR) is 94.7 cm³/mol. The molecule has 1 aliphatic rings. The maximum atomic E-state index is 12.3. The predicted octanol–water partition coefficient (Wildman–Crippen LogP) is 3.20. The summed E-state index contributed by atoms with van der Waals surface area (Å²) >= 11 is 6.07. The number of aromatic nitrogens is 2. The first-order valence-corrected chi connectivity index (χ1v) is 7.83. The van der Waals surface area contributed by atoms with Crippen molar-refractivity contribution in [2.45, 2.75) is 19.8 Å². The maximum absolute atomic E-state index is 12.3. The Hall–Kier alpha value is -1.56. The van der Waals surface area contributed by atoms with Gasteiger partial charge in [0.25, 0.3) is 5.91 Å². The first-order chi connectivity index (χ1) is 10.6. The highest BCUT2D eigenvalue weighted by atomic mass is 35.5. The van der Waals surface area contributed by atoms with Gasteiger partial charge in [-0.2, -0.15) is 5.10 Å². The van der Waals surface area contributed by atoms with Crippen LogP contribution in [-0.4, -0.2) is 29.2 Å². The van der Waals surface area contributed by atoms with Gasteiger partial charge in [0.2, 0.25) is 0 Å². The number of nitrogens with one attached hydrogen (secondary N) is 3. The lowest BCUT2D eigenvalue weighted by Crippen LogP contribution is -2.14. The Kier molecular flexibility index (Phi) is 6.04. The summed E-state index contributed by atoms with van der Waals surface area (Å²) in [5.41, 5.74) is 2.55. The molecule has 7 heteroatoms. The van der Waals surface area contributed by atoms with Gasteiger partial charge in [-0.15, -0.1) is 12.4 Å². The molecule has 3 N–H and O–H groups in total. The minimum atomic E-state index is -0.195. The fraction of sp³-hybridized carbons (Fsp3) is 0.375. The summed E-state index contributed by atoms with van der Waals surface area (Å²) in [7, 11) is 0. The standard InChI is InChI=1S/C16H19ClN4O.ClH/c1-10-14(17)15(21-20-10)19-16(22)13-4-2-3-11(8-13)7-12-5-6-18-9-12;/h2-4,8,12,18H,5-7,9H2,1H3,(H2,19,20,21,22);1H. The molecule has 0 spiro atoms. The van der Waals surface area contributed by atoms with Crippen LogP contribution in [0.15, 0.2) is 24.3 Å². The number of nitrogens with zero attached hydrogens (tertiary/aromatic N) is 1. The fourth-order valence-corrected chi connectivity index (χ4v) is 2.87. The van der Waals surface area contributed by atoms with Gasteiger partial charge >= 0.3 is 0 Å². The second-order valence-electron chi connectivity index (χ2n) is 5.73. The molecule has 0 radical (unpaired) electrons. The third kappa shape index (κ3) is 4.25. The topological polar surface area (TPSA) is 69.8 Å². The van der Waals surface area contributed by atoms with Gasteiger partial charge in [-0.05, 0) is 56.5 Å². The van der Waals surface area contributed by atoms with Crippen LogP contribution in [0.4, 0.5) is 5.82 Å². The zero-order valence-corrected chi connectivity index (χ0v) is 14.4. The summed E-state index contributed by atoms with van der Waals surface area (Å²) in [6, 6.07) is 7.74. The third-order valence-corrected chi connectivity index (χ3v) is 4.44. The number of halogens is 2. The van der Waals surface area contributed by atoms with E-state index in [1.807, 2.05) is 12.1 Å². The highest BCUT2D eigenvalue weighted by Crippen LogP contribution is 2.23. The molecule has 1 amide bonds. The molecule has 0 bridgehead atoms. The van der Waals surface area contributed by atoms with Crippen molar-refractivity contribution in [2.24, 2.45) is 5.92 Å². The van der Waals surface area contributed by atoms with Crippen molar-refractivity contribution in [1.29, 1.82) is 0 Å². The molecule has 23 heavy (non-hydrogen) atoms. The molecule has 1 aliphatic heterocycles. The largest absolute Gasteiger partial charge is 0.316 e. The van der Waals surface area contributed by atoms with E-state index in [-0.39, 0.29) is 18.3 Å². The number of anilines is 1. The van der Waals surface area contributed by atoms with E-state index in [9.17, 15) is 4.79 Å². The van der Waals surface area contributed by atoms with Crippen molar-refractivity contribution < 1.29 is 4.79 Å². The van der Waals surface area contributed by atoms with Crippen LogP contribution in [0.25, 0.3) is 0 Å². The van der Waals surface area contributed by atoms with Gasteiger partial charge < -0.3 is 10.6 Å². The number of carbonyl (C=O) groups excluding carboxylic acids is 1. The molecule has 124 valence electrons. The molecule has 1 aromatic heterocycles. The van der Waals surface area contributed by atoms with E-state index in [4.69, 9.17) is 11.6 Å². The number of aryl methyl sites for hydroxylation is 1. The Morgan fingerprint density at radius 3 is 2.96 bits per heavy atom. The molecule has 2 aromatic rings. The van der Waals surface area contributed by atoms with E-state index in [2.05, 4.69) is 26.9 Å². The number of aromatic amines is 1. The van der Waals surface area contributed by atoms with Crippen LogP contribution in [-0.2, 0) is 6.42 Å². The molecule has 3 rings (SSSR count). The number of hydrogen-bond acceptors (Lipinski definition) is 3. The minimum Gasteiger partial charge on any atom is -0.316 e. The molecule has 1 unspecified atom stereocenters. The van der Waals surface area contributed by atoms with Gasteiger partial charge in [0.05, 0.1) is 5.69 Å². The highest BCUT2D eigenvalue weighted by molar-refractivity contribution is 6.34. The molecule has 5 nitrogen and oxygen atoms in total. The van der Waals surface area contributed by atoms with E-state index < -0.39 is 0 Å². The first kappa shape index (κ1) is 17.8. The molecule has 2 heterocycles. The zero-order chi connectivity index (χ0) is 15.5. The van der Waals surface area contributed by atoms with Crippen molar-refractivity contribution in [3.63, 3.8) is 0 Å². The van der Waals surface area contributed by atoms with Gasteiger partial charge in [-0.3, -0.25) is 9.89 Å². The molecule has 1 fully saturated rings. The first-order valence-electron chi connectivity index (χ1n) is 7.45. The van der Waals surface area contributed by atoms with Crippen LogP contribution < -0.4 is 10.6 Å².